The van der Waals surface area contributed by atoms with Crippen molar-refractivity contribution in [3.8, 4) is 5.82 Å². The highest BCUT2D eigenvalue weighted by Crippen LogP contribution is 2.26. The van der Waals surface area contributed by atoms with Gasteiger partial charge in [0.15, 0.2) is 11.6 Å². The van der Waals surface area contributed by atoms with Gasteiger partial charge in [-0.2, -0.15) is 18.3 Å². The summed E-state index contributed by atoms with van der Waals surface area (Å²) in [7, 11) is 0. The Bertz CT molecular complexity index is 1030. The van der Waals surface area contributed by atoms with Crippen molar-refractivity contribution in [3.63, 3.8) is 0 Å². The van der Waals surface area contributed by atoms with E-state index < -0.39 is 12.0 Å². The van der Waals surface area contributed by atoms with Crippen LogP contribution in [0, 0.1) is 0 Å². The predicted octanol–water partition coefficient (Wildman–Crippen LogP) is 2.77. The second-order valence-corrected chi connectivity index (χ2v) is 6.79. The van der Waals surface area contributed by atoms with E-state index >= 15 is 0 Å². The van der Waals surface area contributed by atoms with E-state index in [2.05, 4.69) is 20.4 Å². The third-order valence-electron chi connectivity index (χ3n) is 4.65. The number of morpholine rings is 1. The minimum absolute atomic E-state index is 0.00588. The van der Waals surface area contributed by atoms with Crippen molar-refractivity contribution < 1.29 is 22.7 Å². The molecule has 1 fully saturated rings. The molecule has 1 aromatic carbocycles. The van der Waals surface area contributed by atoms with E-state index in [1.54, 1.807) is 0 Å². The van der Waals surface area contributed by atoms with Gasteiger partial charge in [-0.1, -0.05) is 24.3 Å². The minimum atomic E-state index is -4.66. The molecular weight excluding hydrogens is 399 g/mol. The topological polar surface area (TPSA) is 81.9 Å². The van der Waals surface area contributed by atoms with E-state index in [0.717, 1.165) is 35.1 Å². The van der Waals surface area contributed by atoms with Crippen LogP contribution in [-0.4, -0.2) is 45.2 Å². The lowest BCUT2D eigenvalue weighted by Crippen LogP contribution is -2.33. The molecule has 0 amide bonds. The molecule has 0 spiro atoms. The molecule has 7 nitrogen and oxygen atoms in total. The van der Waals surface area contributed by atoms with Gasteiger partial charge in [-0.3, -0.25) is 4.79 Å². The molecule has 0 aliphatic carbocycles. The van der Waals surface area contributed by atoms with Crippen LogP contribution in [0.3, 0.4) is 0 Å². The number of ketones is 1. The van der Waals surface area contributed by atoms with Gasteiger partial charge in [-0.15, -0.1) is 0 Å². The number of benzene rings is 1. The zero-order chi connectivity index (χ0) is 21.1. The number of alkyl halides is 3. The molecule has 0 radical (unpaired) electrons. The van der Waals surface area contributed by atoms with E-state index in [4.69, 9.17) is 4.74 Å². The maximum atomic E-state index is 12.8. The number of nitrogens with one attached hydrogen (secondary N) is 1. The smallest absolute Gasteiger partial charge is 0.371 e. The summed E-state index contributed by atoms with van der Waals surface area (Å²) in [5, 5.41) is 7.34. The van der Waals surface area contributed by atoms with E-state index in [-0.39, 0.29) is 29.8 Å². The van der Waals surface area contributed by atoms with Crippen LogP contribution < -0.4 is 5.32 Å². The number of ether oxygens (including phenoxy) is 1. The highest BCUT2D eigenvalue weighted by Gasteiger charge is 2.34. The molecule has 3 aromatic rings. The Hall–Kier alpha value is -3.11. The van der Waals surface area contributed by atoms with Crippen molar-refractivity contribution >= 4 is 5.78 Å². The second kappa shape index (κ2) is 8.33. The van der Waals surface area contributed by atoms with Crippen LogP contribution in [0.4, 0.5) is 13.2 Å². The molecule has 1 aliphatic heterocycles. The Labute approximate surface area is 169 Å². The largest absolute Gasteiger partial charge is 0.451 e. The Morgan fingerprint density at radius 3 is 2.70 bits per heavy atom. The summed E-state index contributed by atoms with van der Waals surface area (Å²) in [6.45, 7) is 2.24. The fraction of sp³-hybridized carbons (Fsp3) is 0.300. The molecule has 1 aliphatic rings. The summed E-state index contributed by atoms with van der Waals surface area (Å²) in [5.41, 5.74) is 1.99. The van der Waals surface area contributed by atoms with Crippen molar-refractivity contribution in [3.05, 3.63) is 71.4 Å². The van der Waals surface area contributed by atoms with Crippen molar-refractivity contribution in [2.24, 2.45) is 0 Å². The van der Waals surface area contributed by atoms with Crippen molar-refractivity contribution in [1.29, 1.82) is 0 Å². The first kappa shape index (κ1) is 20.2. The number of hydrogen-bond acceptors (Lipinski definition) is 6. The third-order valence-corrected chi connectivity index (χ3v) is 4.65. The van der Waals surface area contributed by atoms with Crippen molar-refractivity contribution in [2.45, 2.75) is 18.7 Å². The maximum Gasteiger partial charge on any atom is 0.451 e. The van der Waals surface area contributed by atoms with Gasteiger partial charge in [0.25, 0.3) is 0 Å². The SMILES string of the molecule is O=C(Cc1ccc([C@H]2CNCCO2)cc1)c1ccn(-c2ccnc(C(F)(F)F)n2)n1. The number of halogens is 3. The van der Waals surface area contributed by atoms with Crippen LogP contribution in [-0.2, 0) is 17.3 Å². The van der Waals surface area contributed by atoms with Crippen molar-refractivity contribution in [2.75, 3.05) is 19.7 Å². The van der Waals surface area contributed by atoms with Crippen LogP contribution in [0.15, 0.2) is 48.8 Å². The normalized spacial score (nSPS) is 17.1. The minimum Gasteiger partial charge on any atom is -0.371 e. The molecule has 3 heterocycles. The summed E-state index contributed by atoms with van der Waals surface area (Å²) >= 11 is 0. The van der Waals surface area contributed by atoms with Gasteiger partial charge >= 0.3 is 6.18 Å². The standard InChI is InChI=1S/C20H18F3N5O2/c21-20(22,23)19-25-7-5-18(26-19)28-9-6-15(27-28)16(29)11-13-1-3-14(4-2-13)17-12-24-8-10-30-17/h1-7,9,17,24H,8,10-12H2/t17-/m1/s1. The Balaban J connectivity index is 1.44. The molecule has 1 saturated heterocycles. The molecule has 2 aromatic heterocycles. The van der Waals surface area contributed by atoms with Gasteiger partial charge in [-0.25, -0.2) is 14.6 Å². The highest BCUT2D eigenvalue weighted by atomic mass is 19.4. The molecule has 4 rings (SSSR count). The fourth-order valence-corrected chi connectivity index (χ4v) is 3.12. The lowest BCUT2D eigenvalue weighted by atomic mass is 10.0. The summed E-state index contributed by atoms with van der Waals surface area (Å²) in [6.07, 6.45) is -2.15. The molecule has 1 atom stereocenters. The highest BCUT2D eigenvalue weighted by molar-refractivity contribution is 5.95. The van der Waals surface area contributed by atoms with Crippen LogP contribution in [0.2, 0.25) is 0 Å². The number of carbonyl (C=O) groups is 1. The van der Waals surface area contributed by atoms with Gasteiger partial charge < -0.3 is 10.1 Å². The van der Waals surface area contributed by atoms with E-state index in [0.29, 0.717) is 6.61 Å². The van der Waals surface area contributed by atoms with E-state index in [1.807, 2.05) is 24.3 Å². The van der Waals surface area contributed by atoms with E-state index in [1.165, 1.54) is 18.3 Å². The molecule has 10 heteroatoms. The fourth-order valence-electron chi connectivity index (χ4n) is 3.12. The van der Waals surface area contributed by atoms with Crippen LogP contribution in [0.25, 0.3) is 5.82 Å². The Kier molecular flexibility index (Phi) is 5.60. The first-order chi connectivity index (χ1) is 14.4. The number of carbonyl (C=O) groups excluding carboxylic acids is 1. The number of hydrogen-bond donors (Lipinski definition) is 1. The van der Waals surface area contributed by atoms with Gasteiger partial charge in [0, 0.05) is 38.0 Å². The van der Waals surface area contributed by atoms with Gasteiger partial charge in [0.2, 0.25) is 5.82 Å². The summed E-state index contributed by atoms with van der Waals surface area (Å²) in [6, 6.07) is 10.3. The van der Waals surface area contributed by atoms with Gasteiger partial charge in [0.05, 0.1) is 12.7 Å². The Morgan fingerprint density at radius 1 is 1.20 bits per heavy atom. The number of nitrogens with zero attached hydrogens (tertiary/aromatic N) is 4. The number of Topliss-reactive ketones (excluding diaryl/α,β-unsaturated/α-hetero) is 1. The molecular formula is C20H18F3N5O2. The molecule has 0 bridgehead atoms. The maximum absolute atomic E-state index is 12.8. The number of rotatable bonds is 5. The average molecular weight is 417 g/mol. The van der Waals surface area contributed by atoms with Crippen LogP contribution in [0.5, 0.6) is 0 Å². The predicted molar refractivity (Wildman–Crippen MR) is 100 cm³/mol. The lowest BCUT2D eigenvalue weighted by Gasteiger charge is -2.24. The van der Waals surface area contributed by atoms with Gasteiger partial charge in [-0.05, 0) is 17.2 Å². The second-order valence-electron chi connectivity index (χ2n) is 6.79. The molecule has 156 valence electrons. The first-order valence-corrected chi connectivity index (χ1v) is 9.31. The summed E-state index contributed by atoms with van der Waals surface area (Å²) < 4.78 is 45.2. The number of aromatic nitrogens is 4. The third kappa shape index (κ3) is 4.55. The van der Waals surface area contributed by atoms with Gasteiger partial charge in [0.1, 0.15) is 5.69 Å². The first-order valence-electron chi connectivity index (χ1n) is 9.31. The monoisotopic (exact) mass is 417 g/mol. The quantitative estimate of drug-likeness (QED) is 0.643. The average Bonchev–Trinajstić information content (AvgIpc) is 3.25. The zero-order valence-corrected chi connectivity index (χ0v) is 15.8. The zero-order valence-electron chi connectivity index (χ0n) is 15.8. The summed E-state index contributed by atoms with van der Waals surface area (Å²) in [4.78, 5) is 19.2. The lowest BCUT2D eigenvalue weighted by molar-refractivity contribution is -0.145. The molecule has 0 saturated carbocycles. The van der Waals surface area contributed by atoms with Crippen LogP contribution in [0.1, 0.15) is 33.5 Å². The Morgan fingerprint density at radius 2 is 2.00 bits per heavy atom. The summed E-state index contributed by atoms with van der Waals surface area (Å²) in [5.74, 6) is -1.58. The molecule has 30 heavy (non-hydrogen) atoms. The van der Waals surface area contributed by atoms with Crippen molar-refractivity contribution in [1.82, 2.24) is 25.1 Å². The molecule has 0 unspecified atom stereocenters. The molecule has 1 N–H and O–H groups in total. The van der Waals surface area contributed by atoms with Crippen LogP contribution >= 0.6 is 0 Å². The van der Waals surface area contributed by atoms with E-state index in [9.17, 15) is 18.0 Å².